The molecule has 2 aromatic heterocycles. The summed E-state index contributed by atoms with van der Waals surface area (Å²) < 4.78 is 23.7. The largest absolute Gasteiger partial charge is 0.324 e. The molecule has 0 spiro atoms. The van der Waals surface area contributed by atoms with E-state index in [1.807, 2.05) is 13.8 Å². The second kappa shape index (κ2) is 6.75. The zero-order valence-electron chi connectivity index (χ0n) is 15.0. The van der Waals surface area contributed by atoms with Gasteiger partial charge in [-0.25, -0.2) is 13.4 Å². The van der Waals surface area contributed by atoms with E-state index in [4.69, 9.17) is 0 Å². The Kier molecular flexibility index (Phi) is 4.64. The molecule has 2 heterocycles. The number of rotatable bonds is 5. The van der Waals surface area contributed by atoms with Crippen molar-refractivity contribution in [2.75, 3.05) is 16.9 Å². The van der Waals surface area contributed by atoms with Gasteiger partial charge in [0, 0.05) is 29.4 Å². The summed E-state index contributed by atoms with van der Waals surface area (Å²) in [5.41, 5.74) is 3.28. The Bertz CT molecular complexity index is 1060. The first kappa shape index (κ1) is 17.9. The molecule has 0 bridgehead atoms. The van der Waals surface area contributed by atoms with Gasteiger partial charge >= 0.3 is 0 Å². The molecule has 8 nitrogen and oxygen atoms in total. The van der Waals surface area contributed by atoms with Crippen molar-refractivity contribution in [3.63, 3.8) is 0 Å². The fraction of sp³-hybridized carbons (Fsp3) is 0.235. The lowest BCUT2D eigenvalue weighted by atomic mass is 10.2. The first-order valence-corrected chi connectivity index (χ1v) is 9.82. The van der Waals surface area contributed by atoms with Crippen LogP contribution in [-0.2, 0) is 9.84 Å². The van der Waals surface area contributed by atoms with E-state index >= 15 is 0 Å². The lowest BCUT2D eigenvalue weighted by Crippen LogP contribution is -2.04. The number of hydrogen-bond acceptors (Lipinski definition) is 7. The van der Waals surface area contributed by atoms with E-state index in [1.165, 1.54) is 6.26 Å². The van der Waals surface area contributed by atoms with E-state index in [9.17, 15) is 8.42 Å². The van der Waals surface area contributed by atoms with E-state index in [0.29, 0.717) is 28.8 Å². The molecule has 3 N–H and O–H groups in total. The molecule has 0 amide bonds. The predicted molar refractivity (Wildman–Crippen MR) is 101 cm³/mol. The van der Waals surface area contributed by atoms with Gasteiger partial charge in [0.15, 0.2) is 15.7 Å². The van der Waals surface area contributed by atoms with Crippen LogP contribution in [0.3, 0.4) is 0 Å². The number of nitrogens with one attached hydrogen (secondary N) is 3. The Balaban J connectivity index is 1.84. The molecule has 0 atom stereocenters. The number of sulfone groups is 1. The first-order valence-electron chi connectivity index (χ1n) is 7.93. The van der Waals surface area contributed by atoms with Crippen LogP contribution in [0.25, 0.3) is 0 Å². The van der Waals surface area contributed by atoms with Crippen molar-refractivity contribution in [3.8, 4) is 0 Å². The van der Waals surface area contributed by atoms with E-state index in [-0.39, 0.29) is 4.90 Å². The molecule has 1 aromatic carbocycles. The van der Waals surface area contributed by atoms with Crippen LogP contribution in [0.1, 0.15) is 16.8 Å². The minimum atomic E-state index is -3.30. The summed E-state index contributed by atoms with van der Waals surface area (Å²) in [4.78, 5) is 8.85. The third-order valence-electron chi connectivity index (χ3n) is 4.00. The smallest absolute Gasteiger partial charge is 0.229 e. The second-order valence-electron chi connectivity index (χ2n) is 6.09. The van der Waals surface area contributed by atoms with E-state index < -0.39 is 9.84 Å². The molecule has 0 saturated carbocycles. The van der Waals surface area contributed by atoms with Gasteiger partial charge in [-0.15, -0.1) is 0 Å². The fourth-order valence-corrected chi connectivity index (χ4v) is 3.42. The van der Waals surface area contributed by atoms with Crippen molar-refractivity contribution < 1.29 is 8.42 Å². The number of aromatic amines is 1. The summed E-state index contributed by atoms with van der Waals surface area (Å²) in [6.07, 6.45) is 2.80. The molecule has 3 rings (SSSR count). The summed E-state index contributed by atoms with van der Waals surface area (Å²) in [5, 5.41) is 13.3. The van der Waals surface area contributed by atoms with Gasteiger partial charge in [0.25, 0.3) is 0 Å². The SMILES string of the molecule is Cc1ccc(Nc2nccc(Nc3n[nH]c(C)c3C)n2)cc1S(C)(=O)=O. The summed E-state index contributed by atoms with van der Waals surface area (Å²) in [7, 11) is -3.30. The Labute approximate surface area is 152 Å². The number of aromatic nitrogens is 4. The van der Waals surface area contributed by atoms with Gasteiger partial charge in [-0.05, 0) is 44.5 Å². The number of benzene rings is 1. The number of anilines is 4. The average Bonchev–Trinajstić information content (AvgIpc) is 2.88. The molecular weight excluding hydrogens is 352 g/mol. The number of H-pyrrole nitrogens is 1. The summed E-state index contributed by atoms with van der Waals surface area (Å²) >= 11 is 0. The first-order chi connectivity index (χ1) is 12.2. The maximum Gasteiger partial charge on any atom is 0.229 e. The molecule has 9 heteroatoms. The maximum atomic E-state index is 11.9. The molecule has 0 unspecified atom stereocenters. The maximum absolute atomic E-state index is 11.9. The fourth-order valence-electron chi connectivity index (χ4n) is 2.42. The lowest BCUT2D eigenvalue weighted by Gasteiger charge is -2.10. The molecule has 0 fully saturated rings. The normalized spacial score (nSPS) is 11.4. The third kappa shape index (κ3) is 3.83. The highest BCUT2D eigenvalue weighted by Crippen LogP contribution is 2.23. The van der Waals surface area contributed by atoms with Gasteiger partial charge in [-0.2, -0.15) is 10.1 Å². The highest BCUT2D eigenvalue weighted by atomic mass is 32.2. The van der Waals surface area contributed by atoms with Gasteiger partial charge in [0.1, 0.15) is 5.82 Å². The second-order valence-corrected chi connectivity index (χ2v) is 8.07. The lowest BCUT2D eigenvalue weighted by molar-refractivity contribution is 0.601. The molecular formula is C17H20N6O2S. The number of hydrogen-bond donors (Lipinski definition) is 3. The van der Waals surface area contributed by atoms with E-state index in [0.717, 1.165) is 11.3 Å². The monoisotopic (exact) mass is 372 g/mol. The van der Waals surface area contributed by atoms with Gasteiger partial charge in [0.05, 0.1) is 4.90 Å². The van der Waals surface area contributed by atoms with Crippen LogP contribution in [-0.4, -0.2) is 34.8 Å². The van der Waals surface area contributed by atoms with Crippen molar-refractivity contribution in [2.24, 2.45) is 0 Å². The third-order valence-corrected chi connectivity index (χ3v) is 5.24. The van der Waals surface area contributed by atoms with Crippen molar-refractivity contribution in [2.45, 2.75) is 25.7 Å². The minimum absolute atomic E-state index is 0.277. The van der Waals surface area contributed by atoms with Gasteiger partial charge < -0.3 is 10.6 Å². The van der Waals surface area contributed by atoms with E-state index in [1.54, 1.807) is 37.4 Å². The molecule has 0 aliphatic heterocycles. The predicted octanol–water partition coefficient (Wildman–Crippen LogP) is 3.02. The van der Waals surface area contributed by atoms with Crippen molar-refractivity contribution in [3.05, 3.63) is 47.3 Å². The highest BCUT2D eigenvalue weighted by Gasteiger charge is 2.12. The Morgan fingerprint density at radius 3 is 2.50 bits per heavy atom. The van der Waals surface area contributed by atoms with Gasteiger partial charge in [0.2, 0.25) is 5.95 Å². The average molecular weight is 372 g/mol. The van der Waals surface area contributed by atoms with Crippen LogP contribution in [0.2, 0.25) is 0 Å². The number of nitrogens with zero attached hydrogens (tertiary/aromatic N) is 3. The van der Waals surface area contributed by atoms with Crippen LogP contribution in [0, 0.1) is 20.8 Å². The summed E-state index contributed by atoms with van der Waals surface area (Å²) in [6.45, 7) is 5.66. The van der Waals surface area contributed by atoms with Gasteiger partial charge in [-0.1, -0.05) is 6.07 Å². The summed E-state index contributed by atoms with van der Waals surface area (Å²) in [5.74, 6) is 1.62. The van der Waals surface area contributed by atoms with Crippen LogP contribution in [0.15, 0.2) is 35.4 Å². The number of aryl methyl sites for hydroxylation is 2. The Hall–Kier alpha value is -2.94. The Morgan fingerprint density at radius 2 is 1.85 bits per heavy atom. The van der Waals surface area contributed by atoms with Crippen molar-refractivity contribution in [1.29, 1.82) is 0 Å². The molecule has 0 aliphatic rings. The van der Waals surface area contributed by atoms with Gasteiger partial charge in [-0.3, -0.25) is 5.10 Å². The van der Waals surface area contributed by atoms with Crippen LogP contribution < -0.4 is 10.6 Å². The zero-order valence-corrected chi connectivity index (χ0v) is 15.8. The molecule has 3 aromatic rings. The molecule has 0 radical (unpaired) electrons. The highest BCUT2D eigenvalue weighted by molar-refractivity contribution is 7.90. The molecule has 136 valence electrons. The molecule has 0 saturated heterocycles. The van der Waals surface area contributed by atoms with Crippen molar-refractivity contribution in [1.82, 2.24) is 20.2 Å². The quantitative estimate of drug-likeness (QED) is 0.631. The van der Waals surface area contributed by atoms with E-state index in [2.05, 4.69) is 30.8 Å². The summed E-state index contributed by atoms with van der Waals surface area (Å²) in [6, 6.07) is 6.84. The van der Waals surface area contributed by atoms with Crippen LogP contribution >= 0.6 is 0 Å². The van der Waals surface area contributed by atoms with Crippen molar-refractivity contribution >= 4 is 33.1 Å². The molecule has 0 aliphatic carbocycles. The standard InChI is InChI=1S/C17H20N6O2S/c1-10-5-6-13(9-14(10)26(4,24)25)19-17-18-8-7-15(21-17)20-16-11(2)12(3)22-23-16/h5-9H,1-4H3,(H3,18,19,20,21,22,23). The topological polar surface area (TPSA) is 113 Å². The zero-order chi connectivity index (χ0) is 18.9. The molecule has 26 heavy (non-hydrogen) atoms. The van der Waals surface area contributed by atoms with Crippen LogP contribution in [0.4, 0.5) is 23.3 Å². The minimum Gasteiger partial charge on any atom is -0.324 e. The van der Waals surface area contributed by atoms with Crippen LogP contribution in [0.5, 0.6) is 0 Å². The Morgan fingerprint density at radius 1 is 1.08 bits per heavy atom.